The first-order chi connectivity index (χ1) is 12.3. The SMILES string of the molecule is CCOC(=O)c1sc2ncnc(NCC(C)(O)c3ccc(C)o3)c2c1C. The molecule has 3 rings (SSSR count). The molecule has 0 amide bonds. The van der Waals surface area contributed by atoms with Crippen molar-refractivity contribution >= 4 is 33.3 Å². The maximum Gasteiger partial charge on any atom is 0.348 e. The summed E-state index contributed by atoms with van der Waals surface area (Å²) in [5.41, 5.74) is -0.445. The van der Waals surface area contributed by atoms with E-state index in [-0.39, 0.29) is 12.5 Å². The van der Waals surface area contributed by atoms with Gasteiger partial charge < -0.3 is 19.6 Å². The molecule has 0 fully saturated rings. The number of aryl methyl sites for hydroxylation is 2. The van der Waals surface area contributed by atoms with Gasteiger partial charge in [-0.15, -0.1) is 11.3 Å². The predicted molar refractivity (Wildman–Crippen MR) is 99.6 cm³/mol. The van der Waals surface area contributed by atoms with Crippen molar-refractivity contribution in [1.29, 1.82) is 0 Å². The minimum Gasteiger partial charge on any atom is -0.463 e. The molecule has 138 valence electrons. The predicted octanol–water partition coefficient (Wildman–Crippen LogP) is 3.40. The fourth-order valence-corrected chi connectivity index (χ4v) is 3.71. The van der Waals surface area contributed by atoms with Crippen molar-refractivity contribution < 1.29 is 19.1 Å². The first-order valence-corrected chi connectivity index (χ1v) is 9.09. The standard InChI is InChI=1S/C18H21N3O4S/c1-5-24-17(22)14-11(3)13-15(20-9-21-16(13)26-14)19-8-18(4,23)12-7-6-10(2)25-12/h6-7,9,23H,5,8H2,1-4H3,(H,19,20,21). The zero-order valence-corrected chi connectivity index (χ0v) is 15.9. The van der Waals surface area contributed by atoms with E-state index in [2.05, 4.69) is 15.3 Å². The number of thiophene rings is 1. The smallest absolute Gasteiger partial charge is 0.348 e. The van der Waals surface area contributed by atoms with Crippen LogP contribution in [0.15, 0.2) is 22.9 Å². The number of hydrogen-bond donors (Lipinski definition) is 2. The second-order valence-corrected chi connectivity index (χ2v) is 7.22. The fraction of sp³-hybridized carbons (Fsp3) is 0.389. The Balaban J connectivity index is 1.89. The van der Waals surface area contributed by atoms with E-state index in [1.54, 1.807) is 26.0 Å². The molecule has 0 aliphatic rings. The van der Waals surface area contributed by atoms with Crippen molar-refractivity contribution in [3.63, 3.8) is 0 Å². The molecule has 8 heteroatoms. The number of aliphatic hydroxyl groups is 1. The Morgan fingerprint density at radius 2 is 2.15 bits per heavy atom. The van der Waals surface area contributed by atoms with Crippen molar-refractivity contribution in [3.05, 3.63) is 40.4 Å². The van der Waals surface area contributed by atoms with Gasteiger partial charge in [-0.2, -0.15) is 0 Å². The van der Waals surface area contributed by atoms with Crippen LogP contribution in [0.25, 0.3) is 10.2 Å². The minimum absolute atomic E-state index is 0.191. The van der Waals surface area contributed by atoms with E-state index in [0.29, 0.717) is 27.9 Å². The van der Waals surface area contributed by atoms with Crippen molar-refractivity contribution in [3.8, 4) is 0 Å². The van der Waals surface area contributed by atoms with Crippen LogP contribution in [0.2, 0.25) is 0 Å². The summed E-state index contributed by atoms with van der Waals surface area (Å²) >= 11 is 1.27. The number of aromatic nitrogens is 2. The average molecular weight is 375 g/mol. The summed E-state index contributed by atoms with van der Waals surface area (Å²) in [7, 11) is 0. The fourth-order valence-electron chi connectivity index (χ4n) is 2.66. The first kappa shape index (κ1) is 18.3. The highest BCUT2D eigenvalue weighted by Gasteiger charge is 2.28. The van der Waals surface area contributed by atoms with Crippen LogP contribution in [-0.2, 0) is 10.3 Å². The van der Waals surface area contributed by atoms with Gasteiger partial charge in [-0.1, -0.05) is 0 Å². The number of nitrogens with one attached hydrogen (secondary N) is 1. The number of fused-ring (bicyclic) bond motifs is 1. The zero-order chi connectivity index (χ0) is 18.9. The quantitative estimate of drug-likeness (QED) is 0.637. The van der Waals surface area contributed by atoms with Crippen molar-refractivity contribution in [2.75, 3.05) is 18.5 Å². The second-order valence-electron chi connectivity index (χ2n) is 6.22. The summed E-state index contributed by atoms with van der Waals surface area (Å²) in [5.74, 6) is 1.40. The molecule has 0 spiro atoms. The molecule has 1 unspecified atom stereocenters. The van der Waals surface area contributed by atoms with Gasteiger partial charge in [0.25, 0.3) is 0 Å². The highest BCUT2D eigenvalue weighted by Crippen LogP contribution is 2.34. The normalized spacial score (nSPS) is 13.6. The topological polar surface area (TPSA) is 97.5 Å². The molecule has 3 aromatic heterocycles. The molecule has 0 saturated heterocycles. The molecule has 2 N–H and O–H groups in total. The summed E-state index contributed by atoms with van der Waals surface area (Å²) in [6, 6.07) is 3.56. The van der Waals surface area contributed by atoms with Crippen LogP contribution in [0.4, 0.5) is 5.82 Å². The lowest BCUT2D eigenvalue weighted by molar-refractivity contribution is 0.0467. The van der Waals surface area contributed by atoms with Crippen molar-refractivity contribution in [2.45, 2.75) is 33.3 Å². The second kappa shape index (κ2) is 7.05. The number of esters is 1. The molecule has 1 atom stereocenters. The largest absolute Gasteiger partial charge is 0.463 e. The number of rotatable bonds is 6. The van der Waals surface area contributed by atoms with E-state index in [9.17, 15) is 9.90 Å². The van der Waals surface area contributed by atoms with Crippen LogP contribution in [0.1, 0.15) is 40.6 Å². The van der Waals surface area contributed by atoms with Gasteiger partial charge in [0.1, 0.15) is 39.0 Å². The molecular weight excluding hydrogens is 354 g/mol. The van der Waals surface area contributed by atoms with Gasteiger partial charge in [-0.3, -0.25) is 0 Å². The highest BCUT2D eigenvalue weighted by molar-refractivity contribution is 7.20. The maximum atomic E-state index is 12.1. The number of furan rings is 1. The lowest BCUT2D eigenvalue weighted by atomic mass is 10.0. The van der Waals surface area contributed by atoms with Crippen molar-refractivity contribution in [1.82, 2.24) is 9.97 Å². The van der Waals surface area contributed by atoms with Gasteiger partial charge in [-0.25, -0.2) is 14.8 Å². The molecule has 0 radical (unpaired) electrons. The number of carbonyl (C=O) groups excluding carboxylic acids is 1. The Kier molecular flexibility index (Phi) is 4.97. The molecule has 0 saturated carbocycles. The van der Waals surface area contributed by atoms with Gasteiger partial charge in [0.05, 0.1) is 18.5 Å². The van der Waals surface area contributed by atoms with Gasteiger partial charge in [0, 0.05) is 0 Å². The summed E-state index contributed by atoms with van der Waals surface area (Å²) in [5, 5.41) is 14.6. The first-order valence-electron chi connectivity index (χ1n) is 8.28. The van der Waals surface area contributed by atoms with E-state index < -0.39 is 5.60 Å². The third-order valence-corrected chi connectivity index (χ3v) is 5.24. The molecule has 26 heavy (non-hydrogen) atoms. The van der Waals surface area contributed by atoms with E-state index in [4.69, 9.17) is 9.15 Å². The Bertz CT molecular complexity index is 945. The molecule has 0 bridgehead atoms. The lowest BCUT2D eigenvalue weighted by Crippen LogP contribution is -2.30. The number of carbonyl (C=O) groups is 1. The van der Waals surface area contributed by atoms with E-state index >= 15 is 0 Å². The Morgan fingerprint density at radius 1 is 1.38 bits per heavy atom. The monoisotopic (exact) mass is 375 g/mol. The van der Waals surface area contributed by atoms with Gasteiger partial charge >= 0.3 is 5.97 Å². The van der Waals surface area contributed by atoms with E-state index in [1.807, 2.05) is 13.8 Å². The Hall–Kier alpha value is -2.45. The van der Waals surface area contributed by atoms with E-state index in [0.717, 1.165) is 16.7 Å². The van der Waals surface area contributed by atoms with Gasteiger partial charge in [-0.05, 0) is 45.4 Å². The number of anilines is 1. The average Bonchev–Trinajstić information content (AvgIpc) is 3.18. The number of hydrogen-bond acceptors (Lipinski definition) is 8. The van der Waals surface area contributed by atoms with Gasteiger partial charge in [0.2, 0.25) is 0 Å². The maximum absolute atomic E-state index is 12.1. The molecule has 3 heterocycles. The summed E-state index contributed by atoms with van der Waals surface area (Å²) in [6.07, 6.45) is 1.43. The highest BCUT2D eigenvalue weighted by atomic mass is 32.1. The third-order valence-electron chi connectivity index (χ3n) is 4.06. The molecule has 0 aliphatic heterocycles. The molecule has 3 aromatic rings. The van der Waals surface area contributed by atoms with Crippen LogP contribution >= 0.6 is 11.3 Å². The number of ether oxygens (including phenoxy) is 1. The minimum atomic E-state index is -1.21. The molecule has 0 aliphatic carbocycles. The van der Waals surface area contributed by atoms with Crippen LogP contribution < -0.4 is 5.32 Å². The lowest BCUT2D eigenvalue weighted by Gasteiger charge is -2.21. The molecule has 0 aromatic carbocycles. The zero-order valence-electron chi connectivity index (χ0n) is 15.1. The Morgan fingerprint density at radius 3 is 2.81 bits per heavy atom. The summed E-state index contributed by atoms with van der Waals surface area (Å²) < 4.78 is 10.6. The van der Waals surface area contributed by atoms with Crippen LogP contribution in [-0.4, -0.2) is 34.2 Å². The Labute approximate surface area is 155 Å². The molecular formula is C18H21N3O4S. The summed E-state index contributed by atoms with van der Waals surface area (Å²) in [6.45, 7) is 7.61. The van der Waals surface area contributed by atoms with E-state index in [1.165, 1.54) is 17.7 Å². The third kappa shape index (κ3) is 3.42. The van der Waals surface area contributed by atoms with Crippen LogP contribution in [0.5, 0.6) is 0 Å². The molecule has 7 nitrogen and oxygen atoms in total. The van der Waals surface area contributed by atoms with Crippen LogP contribution in [0.3, 0.4) is 0 Å². The van der Waals surface area contributed by atoms with Crippen LogP contribution in [0, 0.1) is 13.8 Å². The summed E-state index contributed by atoms with van der Waals surface area (Å²) in [4.78, 5) is 21.9. The van der Waals surface area contributed by atoms with Crippen molar-refractivity contribution in [2.24, 2.45) is 0 Å². The number of nitrogens with zero attached hydrogens (tertiary/aromatic N) is 2. The van der Waals surface area contributed by atoms with Gasteiger partial charge in [0.15, 0.2) is 0 Å².